The van der Waals surface area contributed by atoms with Gasteiger partial charge in [-0.25, -0.2) is 0 Å². The molecule has 0 aromatic carbocycles. The number of hydrogen-bond acceptors (Lipinski definition) is 6. The second-order valence-electron chi connectivity index (χ2n) is 20.9. The molecule has 0 N–H and O–H groups in total. The van der Waals surface area contributed by atoms with E-state index in [0.29, 0.717) is 19.3 Å². The first-order chi connectivity index (χ1) is 35.5. The fourth-order valence-electron chi connectivity index (χ4n) is 9.08. The van der Waals surface area contributed by atoms with Crippen molar-refractivity contribution in [3.63, 3.8) is 0 Å². The molecule has 0 saturated carbocycles. The van der Waals surface area contributed by atoms with E-state index >= 15 is 0 Å². The highest BCUT2D eigenvalue weighted by Crippen LogP contribution is 2.17. The standard InChI is InChI=1S/C66H118O6/c1-4-7-10-13-16-19-22-24-26-28-30-32-33-35-36-38-40-42-44-47-50-53-56-59-65(68)71-62-63(61-70-64(67)58-55-52-49-46-21-18-15-12-9-6-3)72-66(69)60-57-54-51-48-45-43-41-39-37-34-31-29-27-25-23-20-17-14-11-8-5-2/h7,10,16,19,24,26,29-32,63H,4-6,8-9,11-15,17-18,20-23,25,27-28,33-62H2,1-3H3/b10-7-,19-16-,26-24-,31-29-,32-30-. The Kier molecular flexibility index (Phi) is 58.2. The fourth-order valence-corrected chi connectivity index (χ4v) is 9.08. The van der Waals surface area contributed by atoms with Crippen molar-refractivity contribution < 1.29 is 28.6 Å². The lowest BCUT2D eigenvalue weighted by Gasteiger charge is -2.18. The summed E-state index contributed by atoms with van der Waals surface area (Å²) in [6.07, 6.45) is 76.6. The Labute approximate surface area is 447 Å². The van der Waals surface area contributed by atoms with E-state index < -0.39 is 6.10 Å². The summed E-state index contributed by atoms with van der Waals surface area (Å²) in [6, 6.07) is 0. The Morgan fingerprint density at radius 1 is 0.292 bits per heavy atom. The van der Waals surface area contributed by atoms with Gasteiger partial charge in [-0.1, -0.05) is 281 Å². The molecule has 6 heteroatoms. The molecule has 6 nitrogen and oxygen atoms in total. The topological polar surface area (TPSA) is 78.9 Å². The van der Waals surface area contributed by atoms with Crippen LogP contribution in [0.5, 0.6) is 0 Å². The molecule has 0 rings (SSSR count). The Morgan fingerprint density at radius 3 is 0.861 bits per heavy atom. The maximum Gasteiger partial charge on any atom is 0.306 e. The van der Waals surface area contributed by atoms with Crippen molar-refractivity contribution >= 4 is 17.9 Å². The number of unbranched alkanes of at least 4 members (excludes halogenated alkanes) is 36. The number of allylic oxidation sites excluding steroid dienone is 10. The number of esters is 3. The number of ether oxygens (including phenoxy) is 3. The molecule has 0 aliphatic carbocycles. The summed E-state index contributed by atoms with van der Waals surface area (Å²) in [5, 5.41) is 0. The van der Waals surface area contributed by atoms with Crippen LogP contribution >= 0.6 is 0 Å². The van der Waals surface area contributed by atoms with Gasteiger partial charge in [-0.15, -0.1) is 0 Å². The van der Waals surface area contributed by atoms with Gasteiger partial charge in [0.2, 0.25) is 0 Å². The quantitative estimate of drug-likeness (QED) is 0.0261. The summed E-state index contributed by atoms with van der Waals surface area (Å²) in [5.41, 5.74) is 0. The van der Waals surface area contributed by atoms with Gasteiger partial charge in [0.15, 0.2) is 6.10 Å². The predicted molar refractivity (Wildman–Crippen MR) is 312 cm³/mol. The molecule has 72 heavy (non-hydrogen) atoms. The third-order valence-electron chi connectivity index (χ3n) is 13.8. The monoisotopic (exact) mass is 1010 g/mol. The normalized spacial score (nSPS) is 12.4. The molecule has 0 radical (unpaired) electrons. The van der Waals surface area contributed by atoms with Crippen molar-refractivity contribution in [3.05, 3.63) is 60.8 Å². The van der Waals surface area contributed by atoms with Gasteiger partial charge >= 0.3 is 17.9 Å². The molecular weight excluding hydrogens is 889 g/mol. The molecule has 0 spiro atoms. The zero-order chi connectivity index (χ0) is 52.2. The van der Waals surface area contributed by atoms with Crippen LogP contribution in [0.3, 0.4) is 0 Å². The summed E-state index contributed by atoms with van der Waals surface area (Å²) >= 11 is 0. The van der Waals surface area contributed by atoms with Gasteiger partial charge in [0.1, 0.15) is 13.2 Å². The maximum atomic E-state index is 12.9. The molecule has 0 bridgehead atoms. The highest BCUT2D eigenvalue weighted by molar-refractivity contribution is 5.71. The fraction of sp³-hybridized carbons (Fsp3) is 0.803. The van der Waals surface area contributed by atoms with Crippen LogP contribution in [0.25, 0.3) is 0 Å². The van der Waals surface area contributed by atoms with Crippen LogP contribution in [0.1, 0.15) is 323 Å². The average molecular weight is 1010 g/mol. The number of hydrogen-bond donors (Lipinski definition) is 0. The Hall–Kier alpha value is -2.89. The number of carbonyl (C=O) groups excluding carboxylic acids is 3. The molecule has 0 aliphatic rings. The van der Waals surface area contributed by atoms with Crippen molar-refractivity contribution in [1.29, 1.82) is 0 Å². The van der Waals surface area contributed by atoms with E-state index in [1.165, 1.54) is 199 Å². The van der Waals surface area contributed by atoms with Gasteiger partial charge in [-0.05, 0) is 83.5 Å². The maximum absolute atomic E-state index is 12.9. The third-order valence-corrected chi connectivity index (χ3v) is 13.8. The van der Waals surface area contributed by atoms with Gasteiger partial charge < -0.3 is 14.2 Å². The van der Waals surface area contributed by atoms with Gasteiger partial charge in [-0.2, -0.15) is 0 Å². The lowest BCUT2D eigenvalue weighted by molar-refractivity contribution is -0.167. The Morgan fingerprint density at radius 2 is 0.542 bits per heavy atom. The van der Waals surface area contributed by atoms with E-state index in [1.807, 2.05) is 0 Å². The minimum atomic E-state index is -0.775. The lowest BCUT2D eigenvalue weighted by Crippen LogP contribution is -2.30. The summed E-state index contributed by atoms with van der Waals surface area (Å²) in [6.45, 7) is 6.55. The molecule has 0 aromatic rings. The van der Waals surface area contributed by atoms with Crippen LogP contribution in [-0.4, -0.2) is 37.2 Å². The average Bonchev–Trinajstić information content (AvgIpc) is 3.38. The molecule has 0 heterocycles. The van der Waals surface area contributed by atoms with E-state index in [9.17, 15) is 14.4 Å². The first-order valence-corrected chi connectivity index (χ1v) is 31.3. The van der Waals surface area contributed by atoms with Crippen molar-refractivity contribution in [2.24, 2.45) is 0 Å². The summed E-state index contributed by atoms with van der Waals surface area (Å²) in [4.78, 5) is 38.2. The molecule has 0 aromatic heterocycles. The van der Waals surface area contributed by atoms with Gasteiger partial charge in [0.25, 0.3) is 0 Å². The van der Waals surface area contributed by atoms with Gasteiger partial charge in [0.05, 0.1) is 0 Å². The zero-order valence-corrected chi connectivity index (χ0v) is 47.9. The summed E-state index contributed by atoms with van der Waals surface area (Å²) < 4.78 is 16.9. The molecule has 418 valence electrons. The minimum absolute atomic E-state index is 0.0729. The van der Waals surface area contributed by atoms with E-state index in [0.717, 1.165) is 83.5 Å². The van der Waals surface area contributed by atoms with Crippen LogP contribution in [0.15, 0.2) is 60.8 Å². The van der Waals surface area contributed by atoms with Crippen LogP contribution in [-0.2, 0) is 28.6 Å². The zero-order valence-electron chi connectivity index (χ0n) is 47.9. The Balaban J connectivity index is 4.25. The van der Waals surface area contributed by atoms with Gasteiger partial charge in [0, 0.05) is 19.3 Å². The van der Waals surface area contributed by atoms with Crippen molar-refractivity contribution in [1.82, 2.24) is 0 Å². The first kappa shape index (κ1) is 69.1. The molecule has 1 unspecified atom stereocenters. The smallest absolute Gasteiger partial charge is 0.306 e. The SMILES string of the molecule is CC/C=C\C/C=C\C/C=C\C/C=C\CCCCCCCCCCCCC(=O)OCC(COC(=O)CCCCCCCCCCCC)OC(=O)CCCCCCCCCCC/C=C\CCCCCCCCCC. The lowest BCUT2D eigenvalue weighted by atomic mass is 10.0. The largest absolute Gasteiger partial charge is 0.462 e. The van der Waals surface area contributed by atoms with E-state index in [1.54, 1.807) is 0 Å². The highest BCUT2D eigenvalue weighted by Gasteiger charge is 2.19. The van der Waals surface area contributed by atoms with Crippen LogP contribution in [0.4, 0.5) is 0 Å². The molecule has 0 amide bonds. The summed E-state index contributed by atoms with van der Waals surface area (Å²) in [7, 11) is 0. The minimum Gasteiger partial charge on any atom is -0.462 e. The Bertz CT molecular complexity index is 1290. The summed E-state index contributed by atoms with van der Waals surface area (Å²) in [5.74, 6) is -0.865. The van der Waals surface area contributed by atoms with Crippen LogP contribution < -0.4 is 0 Å². The van der Waals surface area contributed by atoms with E-state index in [-0.39, 0.29) is 31.1 Å². The van der Waals surface area contributed by atoms with E-state index in [4.69, 9.17) is 14.2 Å². The molecule has 0 aliphatic heterocycles. The molecule has 1 atom stereocenters. The predicted octanol–water partition coefficient (Wildman–Crippen LogP) is 21.2. The number of rotatable bonds is 57. The van der Waals surface area contributed by atoms with Crippen molar-refractivity contribution in [2.75, 3.05) is 13.2 Å². The van der Waals surface area contributed by atoms with Gasteiger partial charge in [-0.3, -0.25) is 14.4 Å². The molecular formula is C66H118O6. The van der Waals surface area contributed by atoms with E-state index in [2.05, 4.69) is 81.5 Å². The molecule has 0 saturated heterocycles. The second kappa shape index (κ2) is 60.7. The van der Waals surface area contributed by atoms with Crippen LogP contribution in [0, 0.1) is 0 Å². The van der Waals surface area contributed by atoms with Crippen molar-refractivity contribution in [3.8, 4) is 0 Å². The van der Waals surface area contributed by atoms with Crippen molar-refractivity contribution in [2.45, 2.75) is 329 Å². The first-order valence-electron chi connectivity index (χ1n) is 31.3. The third kappa shape index (κ3) is 58.0. The number of carbonyl (C=O) groups is 3. The molecule has 0 fully saturated rings. The highest BCUT2D eigenvalue weighted by atomic mass is 16.6. The second-order valence-corrected chi connectivity index (χ2v) is 20.9. The van der Waals surface area contributed by atoms with Crippen LogP contribution in [0.2, 0.25) is 0 Å².